The number of rotatable bonds is 8. The highest BCUT2D eigenvalue weighted by atomic mass is 32.2. The topological polar surface area (TPSA) is 83.9 Å². The molecule has 0 radical (unpaired) electrons. The van der Waals surface area contributed by atoms with Crippen LogP contribution in [0.3, 0.4) is 0 Å². The minimum atomic E-state index is -5.14. The molecule has 0 unspecified atom stereocenters. The van der Waals surface area contributed by atoms with E-state index in [0.717, 1.165) is 18.7 Å². The van der Waals surface area contributed by atoms with Crippen LogP contribution in [0, 0.1) is 11.3 Å². The third-order valence-electron chi connectivity index (χ3n) is 7.33. The van der Waals surface area contributed by atoms with Gasteiger partial charge < -0.3 is 14.7 Å². The van der Waals surface area contributed by atoms with Gasteiger partial charge in [-0.3, -0.25) is 4.79 Å². The van der Waals surface area contributed by atoms with Crippen molar-refractivity contribution >= 4 is 21.5 Å². The number of hydrogen-bond donors (Lipinski definition) is 1. The maximum atomic E-state index is 15.6. The summed E-state index contributed by atoms with van der Waals surface area (Å²) in [6.07, 6.45) is -8.50. The molecule has 1 aliphatic carbocycles. The van der Waals surface area contributed by atoms with E-state index in [9.17, 15) is 49.1 Å². The summed E-state index contributed by atoms with van der Waals surface area (Å²) in [7, 11) is -5.09. The molecule has 2 atom stereocenters. The second kappa shape index (κ2) is 10.8. The van der Waals surface area contributed by atoms with Crippen LogP contribution in [0.5, 0.6) is 5.75 Å². The first-order chi connectivity index (χ1) is 18.1. The third kappa shape index (κ3) is 7.11. The summed E-state index contributed by atoms with van der Waals surface area (Å²) in [5, 5.41) is 9.29. The molecule has 0 bridgehead atoms. The van der Waals surface area contributed by atoms with Gasteiger partial charge in [-0.2, -0.15) is 13.2 Å². The lowest BCUT2D eigenvalue weighted by atomic mass is 9.89. The highest BCUT2D eigenvalue weighted by Gasteiger charge is 2.47. The number of ether oxygens (including phenoxy) is 1. The molecule has 6 nitrogen and oxygen atoms in total. The fraction of sp³-hybridized carbons (Fsp3) is 0.720. The molecular formula is C25H31F8NO5S. The quantitative estimate of drug-likeness (QED) is 0.330. The van der Waals surface area contributed by atoms with Gasteiger partial charge in [0, 0.05) is 43.8 Å². The molecular weight excluding hydrogens is 578 g/mol. The van der Waals surface area contributed by atoms with E-state index in [2.05, 4.69) is 0 Å². The van der Waals surface area contributed by atoms with E-state index >= 15 is 4.39 Å². The van der Waals surface area contributed by atoms with Gasteiger partial charge in [0.15, 0.2) is 0 Å². The van der Waals surface area contributed by atoms with Crippen molar-refractivity contribution in [1.82, 2.24) is 0 Å². The maximum Gasteiger partial charge on any atom is 0.420 e. The lowest BCUT2D eigenvalue weighted by molar-refractivity contribution is -0.148. The molecule has 1 aromatic rings. The summed E-state index contributed by atoms with van der Waals surface area (Å²) in [5.41, 5.74) is -6.56. The number of carboxylic acids is 1. The highest BCUT2D eigenvalue weighted by Crippen LogP contribution is 2.48. The van der Waals surface area contributed by atoms with E-state index in [0.29, 0.717) is 19.1 Å². The molecule has 40 heavy (non-hydrogen) atoms. The fourth-order valence-corrected chi connectivity index (χ4v) is 6.53. The number of nitrogens with zero attached hydrogens (tertiary/aromatic N) is 1. The number of halogens is 8. The van der Waals surface area contributed by atoms with Crippen LogP contribution >= 0.6 is 0 Å². The van der Waals surface area contributed by atoms with Crippen molar-refractivity contribution in [1.29, 1.82) is 0 Å². The first kappa shape index (κ1) is 32.2. The average Bonchev–Trinajstić information content (AvgIpc) is 2.88. The number of carboxylic acid groups (broad SMARTS) is 1. The van der Waals surface area contributed by atoms with Gasteiger partial charge in [-0.25, -0.2) is 30.4 Å². The Morgan fingerprint density at radius 2 is 1.68 bits per heavy atom. The van der Waals surface area contributed by atoms with Crippen molar-refractivity contribution in [2.45, 2.75) is 93.8 Å². The largest absolute Gasteiger partial charge is 0.492 e. The van der Waals surface area contributed by atoms with E-state index in [4.69, 9.17) is 4.74 Å². The number of fused-ring (bicyclic) bond motifs is 1. The van der Waals surface area contributed by atoms with Gasteiger partial charge in [0.2, 0.25) is 27.2 Å². The molecule has 228 valence electrons. The summed E-state index contributed by atoms with van der Waals surface area (Å²) in [6, 6.07) is -0.0341. The Morgan fingerprint density at radius 3 is 2.17 bits per heavy atom. The SMILES string of the molecule is CC(F)(F)CC[C@H]1CN(C2CCC(F)(F)CC2)c2cc(C(F)(F)F)c(OCC(C)(C)C(=O)O)cc2S(=O)(=O)[C@H]1F. The second-order valence-electron chi connectivity index (χ2n) is 11.3. The highest BCUT2D eigenvalue weighted by molar-refractivity contribution is 7.92. The normalized spacial score (nSPS) is 23.8. The second-order valence-corrected chi connectivity index (χ2v) is 13.3. The van der Waals surface area contributed by atoms with Crippen molar-refractivity contribution in [2.24, 2.45) is 11.3 Å². The predicted octanol–water partition coefficient (Wildman–Crippen LogP) is 6.71. The zero-order chi connectivity index (χ0) is 30.5. The smallest absolute Gasteiger partial charge is 0.420 e. The molecule has 1 heterocycles. The Morgan fingerprint density at radius 1 is 1.10 bits per heavy atom. The summed E-state index contributed by atoms with van der Waals surface area (Å²) in [4.78, 5) is 11.6. The Kier molecular flexibility index (Phi) is 8.71. The van der Waals surface area contributed by atoms with E-state index in [1.165, 1.54) is 0 Å². The lowest BCUT2D eigenvalue weighted by Crippen LogP contribution is -2.44. The summed E-state index contributed by atoms with van der Waals surface area (Å²) < 4.78 is 145. The zero-order valence-electron chi connectivity index (χ0n) is 22.0. The number of carbonyl (C=O) groups is 1. The molecule has 0 amide bonds. The van der Waals surface area contributed by atoms with E-state index in [-0.39, 0.29) is 12.8 Å². The number of aliphatic carboxylic acids is 1. The Balaban J connectivity index is 2.19. The maximum absolute atomic E-state index is 15.6. The molecule has 1 N–H and O–H groups in total. The van der Waals surface area contributed by atoms with Crippen LogP contribution in [0.4, 0.5) is 40.8 Å². The van der Waals surface area contributed by atoms with Crippen LogP contribution in [0.15, 0.2) is 17.0 Å². The van der Waals surface area contributed by atoms with Crippen molar-refractivity contribution < 1.29 is 58.2 Å². The zero-order valence-corrected chi connectivity index (χ0v) is 22.8. The number of alkyl halides is 8. The number of hydrogen-bond acceptors (Lipinski definition) is 5. The Hall–Kier alpha value is -2.32. The molecule has 1 fully saturated rings. The molecule has 0 aromatic heterocycles. The van der Waals surface area contributed by atoms with Gasteiger partial charge in [0.25, 0.3) is 0 Å². The molecule has 1 aromatic carbocycles. The van der Waals surface area contributed by atoms with E-state index in [1.807, 2.05) is 0 Å². The predicted molar refractivity (Wildman–Crippen MR) is 128 cm³/mol. The number of sulfone groups is 1. The molecule has 2 aliphatic rings. The standard InChI is InChI=1S/C25H31F8NO5S/c1-22(2,21(35)36)13-39-18-11-19-17(10-16(18)25(31,32)33)34(15-5-8-24(29,30)9-6-15)12-14(4-7-23(3,27)28)20(26)40(19,37)38/h10-11,14-15,20H,4-9,12-13H2,1-3H3,(H,35,36)/t14-,20+/m0/s1. The first-order valence-corrected chi connectivity index (χ1v) is 14.1. The van der Waals surface area contributed by atoms with Crippen LogP contribution < -0.4 is 9.64 Å². The number of anilines is 1. The average molecular weight is 610 g/mol. The van der Waals surface area contributed by atoms with Crippen LogP contribution in [-0.4, -0.2) is 56.0 Å². The molecule has 15 heteroatoms. The van der Waals surface area contributed by atoms with Gasteiger partial charge in [-0.1, -0.05) is 0 Å². The van der Waals surface area contributed by atoms with Crippen molar-refractivity contribution in [3.05, 3.63) is 17.7 Å². The van der Waals surface area contributed by atoms with Gasteiger partial charge in [-0.05, 0) is 46.1 Å². The Labute approximate surface area is 226 Å². The Bertz CT molecular complexity index is 1200. The van der Waals surface area contributed by atoms with Crippen molar-refractivity contribution in [3.8, 4) is 5.75 Å². The molecule has 1 aliphatic heterocycles. The van der Waals surface area contributed by atoms with Gasteiger partial charge >= 0.3 is 12.1 Å². The van der Waals surface area contributed by atoms with E-state index in [1.54, 1.807) is 0 Å². The van der Waals surface area contributed by atoms with Crippen molar-refractivity contribution in [2.75, 3.05) is 18.1 Å². The first-order valence-electron chi connectivity index (χ1n) is 12.6. The van der Waals surface area contributed by atoms with Crippen molar-refractivity contribution in [3.63, 3.8) is 0 Å². The van der Waals surface area contributed by atoms with Crippen LogP contribution in [0.25, 0.3) is 0 Å². The summed E-state index contributed by atoms with van der Waals surface area (Å²) in [5.74, 6) is -10.4. The number of benzene rings is 1. The lowest BCUT2D eigenvalue weighted by Gasteiger charge is -2.39. The summed E-state index contributed by atoms with van der Waals surface area (Å²) in [6.45, 7) is 1.48. The van der Waals surface area contributed by atoms with E-state index < -0.39 is 117 Å². The monoisotopic (exact) mass is 609 g/mol. The van der Waals surface area contributed by atoms with Gasteiger partial charge in [0.1, 0.15) is 12.4 Å². The van der Waals surface area contributed by atoms with Crippen LogP contribution in [0.2, 0.25) is 0 Å². The van der Waals surface area contributed by atoms with Crippen LogP contribution in [-0.2, 0) is 20.8 Å². The summed E-state index contributed by atoms with van der Waals surface area (Å²) >= 11 is 0. The third-order valence-corrected chi connectivity index (χ3v) is 9.25. The van der Waals surface area contributed by atoms with Gasteiger partial charge in [0.05, 0.1) is 21.6 Å². The minimum absolute atomic E-state index is 0.257. The minimum Gasteiger partial charge on any atom is -0.492 e. The molecule has 0 spiro atoms. The van der Waals surface area contributed by atoms with Gasteiger partial charge in [-0.15, -0.1) is 0 Å². The molecule has 3 rings (SSSR count). The van der Waals surface area contributed by atoms with Crippen LogP contribution in [0.1, 0.15) is 64.9 Å². The molecule has 1 saturated carbocycles. The molecule has 0 saturated heterocycles. The fourth-order valence-electron chi connectivity index (χ4n) is 4.81.